The molecule has 18 heavy (non-hydrogen) atoms. The third-order valence-electron chi connectivity index (χ3n) is 3.87. The molecule has 0 saturated carbocycles. The molecule has 0 aliphatic carbocycles. The van der Waals surface area contributed by atoms with Gasteiger partial charge in [-0.3, -0.25) is 4.90 Å². The second-order valence-electron chi connectivity index (χ2n) is 5.00. The third kappa shape index (κ3) is 3.25. The van der Waals surface area contributed by atoms with E-state index >= 15 is 0 Å². The molecular formula is C14H21FN2S. The number of thioether (sulfide) groups is 1. The Morgan fingerprint density at radius 1 is 1.39 bits per heavy atom. The number of halogens is 1. The highest BCUT2D eigenvalue weighted by atomic mass is 32.2. The Labute approximate surface area is 113 Å². The van der Waals surface area contributed by atoms with Crippen LogP contribution < -0.4 is 5.73 Å². The summed E-state index contributed by atoms with van der Waals surface area (Å²) in [7, 11) is 0. The van der Waals surface area contributed by atoms with Crippen LogP contribution >= 0.6 is 11.8 Å². The number of hydrogen-bond donors (Lipinski definition) is 1. The molecule has 4 heteroatoms. The molecule has 1 aromatic rings. The Morgan fingerprint density at radius 2 is 2.11 bits per heavy atom. The Kier molecular flexibility index (Phi) is 4.65. The molecule has 0 amide bonds. The first-order valence-corrected chi connectivity index (χ1v) is 7.62. The first kappa shape index (κ1) is 13.8. The van der Waals surface area contributed by atoms with E-state index in [0.29, 0.717) is 0 Å². The van der Waals surface area contributed by atoms with Gasteiger partial charge in [-0.15, -0.1) is 0 Å². The molecule has 0 aromatic heterocycles. The van der Waals surface area contributed by atoms with Gasteiger partial charge in [0.05, 0.1) is 0 Å². The molecule has 2 nitrogen and oxygen atoms in total. The van der Waals surface area contributed by atoms with Crippen LogP contribution in [0.25, 0.3) is 0 Å². The Hall–Kier alpha value is -0.580. The molecule has 1 aromatic carbocycles. The molecule has 0 unspecified atom stereocenters. The van der Waals surface area contributed by atoms with Crippen LogP contribution in [0.4, 0.5) is 4.39 Å². The molecule has 2 rings (SSSR count). The van der Waals surface area contributed by atoms with Crippen LogP contribution in [0.5, 0.6) is 0 Å². The first-order chi connectivity index (χ1) is 8.67. The monoisotopic (exact) mass is 268 g/mol. The maximum Gasteiger partial charge on any atom is 0.123 e. The number of rotatable bonds is 4. The van der Waals surface area contributed by atoms with Gasteiger partial charge in [0.1, 0.15) is 5.82 Å². The van der Waals surface area contributed by atoms with E-state index in [9.17, 15) is 4.39 Å². The lowest BCUT2D eigenvalue weighted by Crippen LogP contribution is -2.46. The molecule has 0 spiro atoms. The molecule has 100 valence electrons. The molecular weight excluding hydrogens is 247 g/mol. The Balaban J connectivity index is 1.91. The minimum absolute atomic E-state index is 0.148. The average molecular weight is 268 g/mol. The largest absolute Gasteiger partial charge is 0.329 e. The van der Waals surface area contributed by atoms with Crippen molar-refractivity contribution >= 4 is 11.8 Å². The van der Waals surface area contributed by atoms with E-state index < -0.39 is 0 Å². The van der Waals surface area contributed by atoms with Gasteiger partial charge in [-0.05, 0) is 49.9 Å². The van der Waals surface area contributed by atoms with Crippen molar-refractivity contribution < 1.29 is 4.39 Å². The Bertz CT molecular complexity index is 383. The molecule has 1 saturated heterocycles. The third-order valence-corrected chi connectivity index (χ3v) is 5.31. The van der Waals surface area contributed by atoms with Crippen molar-refractivity contribution in [2.75, 3.05) is 25.9 Å². The zero-order chi connectivity index (χ0) is 13.0. The quantitative estimate of drug-likeness (QED) is 0.909. The van der Waals surface area contributed by atoms with Crippen LogP contribution in [0.15, 0.2) is 24.3 Å². The van der Waals surface area contributed by atoms with Gasteiger partial charge in [0, 0.05) is 17.8 Å². The Morgan fingerprint density at radius 3 is 2.67 bits per heavy atom. The van der Waals surface area contributed by atoms with Crippen LogP contribution in [-0.2, 0) is 6.54 Å². The van der Waals surface area contributed by atoms with Crippen LogP contribution in [0.1, 0.15) is 18.4 Å². The van der Waals surface area contributed by atoms with E-state index in [1.165, 1.54) is 6.07 Å². The second kappa shape index (κ2) is 6.04. The summed E-state index contributed by atoms with van der Waals surface area (Å²) in [6.07, 6.45) is 4.40. The van der Waals surface area contributed by atoms with Gasteiger partial charge < -0.3 is 5.73 Å². The smallest absolute Gasteiger partial charge is 0.123 e. The fourth-order valence-corrected chi connectivity index (χ4v) is 3.26. The van der Waals surface area contributed by atoms with Crippen LogP contribution in [0, 0.1) is 5.82 Å². The molecule has 2 N–H and O–H groups in total. The summed E-state index contributed by atoms with van der Waals surface area (Å²) in [5, 5.41) is 0. The standard InChI is InChI=1S/C14H21FN2S/c1-18-14(11-16)5-7-17(8-6-14)10-12-3-2-4-13(15)9-12/h2-4,9H,5-8,10-11,16H2,1H3. The van der Waals surface area contributed by atoms with Crippen LogP contribution in [0.2, 0.25) is 0 Å². The number of piperidine rings is 1. The topological polar surface area (TPSA) is 29.3 Å². The van der Waals surface area contributed by atoms with Gasteiger partial charge in [-0.2, -0.15) is 11.8 Å². The predicted octanol–water partition coefficient (Wildman–Crippen LogP) is 2.48. The molecule has 0 radical (unpaired) electrons. The van der Waals surface area contributed by atoms with Gasteiger partial charge in [0.2, 0.25) is 0 Å². The van der Waals surface area contributed by atoms with Crippen molar-refractivity contribution in [3.63, 3.8) is 0 Å². The van der Waals surface area contributed by atoms with Gasteiger partial charge in [-0.1, -0.05) is 12.1 Å². The SMILES string of the molecule is CSC1(CN)CCN(Cc2cccc(F)c2)CC1. The van der Waals surface area contributed by atoms with Gasteiger partial charge in [0.25, 0.3) is 0 Å². The lowest BCUT2D eigenvalue weighted by molar-refractivity contribution is 0.195. The molecule has 0 atom stereocenters. The van der Waals surface area contributed by atoms with Crippen LogP contribution in [0.3, 0.4) is 0 Å². The summed E-state index contributed by atoms with van der Waals surface area (Å²) >= 11 is 1.89. The van der Waals surface area contributed by atoms with Gasteiger partial charge >= 0.3 is 0 Å². The minimum Gasteiger partial charge on any atom is -0.329 e. The first-order valence-electron chi connectivity index (χ1n) is 6.39. The van der Waals surface area contributed by atoms with Crippen LogP contribution in [-0.4, -0.2) is 35.5 Å². The van der Waals surface area contributed by atoms with Crippen molar-refractivity contribution in [2.24, 2.45) is 5.73 Å². The number of hydrogen-bond acceptors (Lipinski definition) is 3. The fraction of sp³-hybridized carbons (Fsp3) is 0.571. The summed E-state index contributed by atoms with van der Waals surface area (Å²) in [5.74, 6) is -0.148. The minimum atomic E-state index is -0.148. The zero-order valence-corrected chi connectivity index (χ0v) is 11.7. The number of benzene rings is 1. The highest BCUT2D eigenvalue weighted by Gasteiger charge is 2.32. The number of nitrogens with zero attached hydrogens (tertiary/aromatic N) is 1. The molecule has 1 fully saturated rings. The maximum atomic E-state index is 13.1. The highest BCUT2D eigenvalue weighted by molar-refractivity contribution is 8.00. The predicted molar refractivity (Wildman–Crippen MR) is 76.2 cm³/mol. The number of nitrogens with two attached hydrogens (primary N) is 1. The number of likely N-dealkylation sites (tertiary alicyclic amines) is 1. The molecule has 1 aliphatic rings. The van der Waals surface area contributed by atoms with E-state index in [0.717, 1.165) is 44.6 Å². The molecule has 0 bridgehead atoms. The lowest BCUT2D eigenvalue weighted by atomic mass is 9.95. The summed E-state index contributed by atoms with van der Waals surface area (Å²) in [5.41, 5.74) is 6.93. The van der Waals surface area contributed by atoms with Gasteiger partial charge in [-0.25, -0.2) is 4.39 Å². The van der Waals surface area contributed by atoms with Gasteiger partial charge in [0.15, 0.2) is 0 Å². The van der Waals surface area contributed by atoms with Crippen molar-refractivity contribution in [3.05, 3.63) is 35.6 Å². The van der Waals surface area contributed by atoms with E-state index in [2.05, 4.69) is 11.2 Å². The summed E-state index contributed by atoms with van der Waals surface area (Å²) in [4.78, 5) is 2.39. The van der Waals surface area contributed by atoms with E-state index in [1.54, 1.807) is 12.1 Å². The highest BCUT2D eigenvalue weighted by Crippen LogP contribution is 2.33. The second-order valence-corrected chi connectivity index (χ2v) is 6.27. The van der Waals surface area contributed by atoms with E-state index in [1.807, 2.05) is 17.8 Å². The zero-order valence-electron chi connectivity index (χ0n) is 10.9. The van der Waals surface area contributed by atoms with Crippen molar-refractivity contribution in [3.8, 4) is 0 Å². The van der Waals surface area contributed by atoms with Crippen molar-refractivity contribution in [1.82, 2.24) is 4.90 Å². The maximum absolute atomic E-state index is 13.1. The van der Waals surface area contributed by atoms with Crippen molar-refractivity contribution in [1.29, 1.82) is 0 Å². The van der Waals surface area contributed by atoms with Crippen molar-refractivity contribution in [2.45, 2.75) is 24.1 Å². The van der Waals surface area contributed by atoms with E-state index in [4.69, 9.17) is 5.73 Å². The summed E-state index contributed by atoms with van der Waals surface area (Å²) < 4.78 is 13.4. The van der Waals surface area contributed by atoms with E-state index in [-0.39, 0.29) is 10.6 Å². The summed E-state index contributed by atoms with van der Waals surface area (Å²) in [6.45, 7) is 3.69. The fourth-order valence-electron chi connectivity index (χ4n) is 2.50. The molecule has 1 heterocycles. The summed E-state index contributed by atoms with van der Waals surface area (Å²) in [6, 6.07) is 6.88. The lowest BCUT2D eigenvalue weighted by Gasteiger charge is -2.40. The molecule has 1 aliphatic heterocycles. The normalized spacial score (nSPS) is 19.9. The average Bonchev–Trinajstić information content (AvgIpc) is 2.40.